The van der Waals surface area contributed by atoms with E-state index in [0.29, 0.717) is 11.6 Å². The Balaban J connectivity index is 1.17. The number of aromatic nitrogens is 2. The van der Waals surface area contributed by atoms with Gasteiger partial charge in [-0.25, -0.2) is 0 Å². The highest BCUT2D eigenvalue weighted by molar-refractivity contribution is 7.19. The summed E-state index contributed by atoms with van der Waals surface area (Å²) in [4.78, 5) is 31.1. The van der Waals surface area contributed by atoms with Crippen molar-refractivity contribution < 1.29 is 9.59 Å². The number of nitrogens with zero attached hydrogens (tertiary/aromatic N) is 5. The Morgan fingerprint density at radius 1 is 0.967 bits per heavy atom. The molecule has 3 aliphatic heterocycles. The van der Waals surface area contributed by atoms with Gasteiger partial charge in [0.25, 0.3) is 0 Å². The van der Waals surface area contributed by atoms with Gasteiger partial charge in [-0.1, -0.05) is 17.8 Å². The number of hydrogen-bond donors (Lipinski definition) is 1. The van der Waals surface area contributed by atoms with E-state index in [9.17, 15) is 9.59 Å². The third kappa shape index (κ3) is 5.49. The van der Waals surface area contributed by atoms with E-state index in [1.807, 2.05) is 0 Å². The molecule has 30 heavy (non-hydrogen) atoms. The number of amides is 2. The molecule has 166 valence electrons. The average molecular weight is 435 g/mol. The zero-order valence-electron chi connectivity index (χ0n) is 17.9. The van der Waals surface area contributed by atoms with E-state index >= 15 is 0 Å². The van der Waals surface area contributed by atoms with E-state index in [4.69, 9.17) is 0 Å². The lowest BCUT2D eigenvalue weighted by molar-refractivity contribution is -0.125. The van der Waals surface area contributed by atoms with E-state index in [1.165, 1.54) is 43.7 Å². The van der Waals surface area contributed by atoms with Crippen LogP contribution in [-0.4, -0.2) is 72.7 Å². The zero-order chi connectivity index (χ0) is 20.8. The summed E-state index contributed by atoms with van der Waals surface area (Å²) >= 11 is 1.49. The Hall–Kier alpha value is -1.74. The topological polar surface area (TPSA) is 81.7 Å². The molecule has 3 aliphatic rings. The smallest absolute Gasteiger partial charge is 0.228 e. The van der Waals surface area contributed by atoms with Gasteiger partial charge in [0.15, 0.2) is 0 Å². The van der Waals surface area contributed by atoms with Gasteiger partial charge in [-0.05, 0) is 64.6 Å². The van der Waals surface area contributed by atoms with Gasteiger partial charge in [0.2, 0.25) is 22.1 Å². The van der Waals surface area contributed by atoms with Crippen LogP contribution >= 0.6 is 11.3 Å². The molecule has 0 radical (unpaired) electrons. The van der Waals surface area contributed by atoms with Crippen LogP contribution < -0.4 is 15.1 Å². The molecule has 0 aliphatic carbocycles. The molecule has 3 saturated heterocycles. The van der Waals surface area contributed by atoms with Crippen molar-refractivity contribution in [3.63, 3.8) is 0 Å². The van der Waals surface area contributed by atoms with Crippen molar-refractivity contribution in [2.24, 2.45) is 5.92 Å². The molecule has 8 nitrogen and oxygen atoms in total. The lowest BCUT2D eigenvalue weighted by atomic mass is 9.96. The molecule has 9 heteroatoms. The molecule has 0 spiro atoms. The Morgan fingerprint density at radius 2 is 1.70 bits per heavy atom. The fraction of sp³-hybridized carbons (Fsp3) is 0.810. The number of hydrogen-bond acceptors (Lipinski definition) is 7. The second-order valence-electron chi connectivity index (χ2n) is 8.68. The number of carbonyl (C=O) groups excluding carboxylic acids is 2. The maximum absolute atomic E-state index is 12.5. The van der Waals surface area contributed by atoms with E-state index in [-0.39, 0.29) is 17.7 Å². The van der Waals surface area contributed by atoms with Crippen LogP contribution in [0.3, 0.4) is 0 Å². The predicted molar refractivity (Wildman–Crippen MR) is 119 cm³/mol. The number of nitrogens with one attached hydrogen (secondary N) is 1. The van der Waals surface area contributed by atoms with Gasteiger partial charge in [0, 0.05) is 38.5 Å². The quantitative estimate of drug-likeness (QED) is 0.663. The van der Waals surface area contributed by atoms with Crippen molar-refractivity contribution in [1.29, 1.82) is 0 Å². The standard InChI is InChI=1S/C21H34N6O2S/c28-18-7-2-5-14-27(18)21-24-23-20(30-21)26-15-8-17(9-16-26)19(29)22-10-6-13-25-11-3-1-4-12-25/h17H,1-16H2,(H,22,29). The van der Waals surface area contributed by atoms with Crippen LogP contribution in [0, 0.1) is 5.92 Å². The molecule has 0 atom stereocenters. The van der Waals surface area contributed by atoms with Gasteiger partial charge < -0.3 is 15.1 Å². The maximum atomic E-state index is 12.5. The monoisotopic (exact) mass is 434 g/mol. The first-order valence-corrected chi connectivity index (χ1v) is 12.4. The molecule has 2 amide bonds. The molecule has 0 aromatic carbocycles. The summed E-state index contributed by atoms with van der Waals surface area (Å²) in [5.41, 5.74) is 0. The molecule has 3 fully saturated rings. The van der Waals surface area contributed by atoms with Crippen molar-refractivity contribution in [3.05, 3.63) is 0 Å². The lowest BCUT2D eigenvalue weighted by Gasteiger charge is -2.31. The molecule has 4 heterocycles. The van der Waals surface area contributed by atoms with Crippen LogP contribution in [0.5, 0.6) is 0 Å². The second kappa shape index (κ2) is 10.5. The first-order chi connectivity index (χ1) is 14.7. The maximum Gasteiger partial charge on any atom is 0.228 e. The van der Waals surface area contributed by atoms with Crippen LogP contribution in [0.15, 0.2) is 0 Å². The summed E-state index contributed by atoms with van der Waals surface area (Å²) < 4.78 is 0. The minimum absolute atomic E-state index is 0.0901. The third-order valence-electron chi connectivity index (χ3n) is 6.49. The summed E-state index contributed by atoms with van der Waals surface area (Å²) in [7, 11) is 0. The summed E-state index contributed by atoms with van der Waals surface area (Å²) in [6, 6.07) is 0. The molecule has 1 aromatic rings. The first-order valence-electron chi connectivity index (χ1n) is 11.6. The van der Waals surface area contributed by atoms with Crippen LogP contribution in [0.25, 0.3) is 0 Å². The van der Waals surface area contributed by atoms with Crippen molar-refractivity contribution >= 4 is 33.4 Å². The number of anilines is 2. The number of piperidine rings is 3. The highest BCUT2D eigenvalue weighted by atomic mass is 32.1. The van der Waals surface area contributed by atoms with Gasteiger partial charge in [-0.3, -0.25) is 14.5 Å². The Bertz CT molecular complexity index is 712. The van der Waals surface area contributed by atoms with Crippen molar-refractivity contribution in [2.75, 3.05) is 55.6 Å². The van der Waals surface area contributed by atoms with E-state index in [0.717, 1.165) is 70.0 Å². The highest BCUT2D eigenvalue weighted by Crippen LogP contribution is 2.31. The summed E-state index contributed by atoms with van der Waals surface area (Å²) in [6.07, 6.45) is 9.31. The van der Waals surface area contributed by atoms with Gasteiger partial charge in [-0.2, -0.15) is 0 Å². The number of rotatable bonds is 7. The Kier molecular flexibility index (Phi) is 7.54. The number of carbonyl (C=O) groups is 2. The van der Waals surface area contributed by atoms with E-state index in [2.05, 4.69) is 25.3 Å². The van der Waals surface area contributed by atoms with Gasteiger partial charge in [0.05, 0.1) is 0 Å². The van der Waals surface area contributed by atoms with Crippen molar-refractivity contribution in [1.82, 2.24) is 20.4 Å². The molecular weight excluding hydrogens is 400 g/mol. The summed E-state index contributed by atoms with van der Waals surface area (Å²) in [6.45, 7) is 6.67. The van der Waals surface area contributed by atoms with E-state index < -0.39 is 0 Å². The molecule has 0 saturated carbocycles. The van der Waals surface area contributed by atoms with Crippen LogP contribution in [-0.2, 0) is 9.59 Å². The predicted octanol–water partition coefficient (Wildman–Crippen LogP) is 2.26. The minimum atomic E-state index is 0.0901. The normalized spacial score (nSPS) is 21.8. The van der Waals surface area contributed by atoms with Crippen LogP contribution in [0.4, 0.5) is 10.3 Å². The Labute approximate surface area is 183 Å². The second-order valence-corrected chi connectivity index (χ2v) is 9.61. The highest BCUT2D eigenvalue weighted by Gasteiger charge is 2.28. The fourth-order valence-corrected chi connectivity index (χ4v) is 5.57. The first kappa shape index (κ1) is 21.5. The third-order valence-corrected chi connectivity index (χ3v) is 7.50. The summed E-state index contributed by atoms with van der Waals surface area (Å²) in [5, 5.41) is 13.3. The largest absolute Gasteiger partial charge is 0.356 e. The van der Waals surface area contributed by atoms with Crippen molar-refractivity contribution in [2.45, 2.75) is 57.8 Å². The van der Waals surface area contributed by atoms with Gasteiger partial charge in [0.1, 0.15) is 0 Å². The molecule has 0 bridgehead atoms. The molecular formula is C21H34N6O2S. The average Bonchev–Trinajstić information content (AvgIpc) is 3.28. The zero-order valence-corrected chi connectivity index (χ0v) is 18.7. The van der Waals surface area contributed by atoms with E-state index in [1.54, 1.807) is 4.90 Å². The number of likely N-dealkylation sites (tertiary alicyclic amines) is 1. The molecule has 1 aromatic heterocycles. The minimum Gasteiger partial charge on any atom is -0.356 e. The fourth-order valence-electron chi connectivity index (χ4n) is 4.63. The SMILES string of the molecule is O=C(NCCCN1CCCCC1)C1CCN(c2nnc(N3CCCCC3=O)s2)CC1. The lowest BCUT2D eigenvalue weighted by Crippen LogP contribution is -2.41. The van der Waals surface area contributed by atoms with Gasteiger partial charge in [-0.15, -0.1) is 10.2 Å². The van der Waals surface area contributed by atoms with Crippen molar-refractivity contribution in [3.8, 4) is 0 Å². The summed E-state index contributed by atoms with van der Waals surface area (Å²) in [5.74, 6) is 0.442. The molecule has 0 unspecified atom stereocenters. The van der Waals surface area contributed by atoms with Crippen LogP contribution in [0.1, 0.15) is 57.8 Å². The van der Waals surface area contributed by atoms with Gasteiger partial charge >= 0.3 is 0 Å². The van der Waals surface area contributed by atoms with Crippen LogP contribution in [0.2, 0.25) is 0 Å². The molecule has 4 rings (SSSR count). The Morgan fingerprint density at radius 3 is 2.47 bits per heavy atom. The molecule has 1 N–H and O–H groups in total.